The summed E-state index contributed by atoms with van der Waals surface area (Å²) in [5.74, 6) is -0.182. The quantitative estimate of drug-likeness (QED) is 0.0261. The van der Waals surface area contributed by atoms with Gasteiger partial charge in [-0.2, -0.15) is 0 Å². The Bertz CT molecular complexity index is 1120. The van der Waals surface area contributed by atoms with Crippen LogP contribution < -0.4 is 5.32 Å². The largest absolute Gasteiger partial charge is 0.394 e. The fourth-order valence-electron chi connectivity index (χ4n) is 9.59. The van der Waals surface area contributed by atoms with Gasteiger partial charge in [-0.05, 0) is 32.1 Å². The lowest BCUT2D eigenvalue weighted by Gasteiger charge is -2.40. The van der Waals surface area contributed by atoms with Crippen molar-refractivity contribution in [1.82, 2.24) is 5.32 Å². The number of rotatable bonds is 51. The molecule has 0 aliphatic carbocycles. The number of aliphatic hydroxyl groups excluding tert-OH is 5. The average Bonchev–Trinajstić information content (AvgIpc) is 3.34. The highest BCUT2D eigenvalue weighted by atomic mass is 16.7. The minimum absolute atomic E-state index is 0.182. The van der Waals surface area contributed by atoms with Gasteiger partial charge in [-0.3, -0.25) is 4.79 Å². The molecule has 0 aromatic heterocycles. The second-order valence-corrected chi connectivity index (χ2v) is 20.8. The monoisotopic (exact) mass is 964 g/mol. The van der Waals surface area contributed by atoms with E-state index in [2.05, 4.69) is 31.3 Å². The maximum absolute atomic E-state index is 13.0. The van der Waals surface area contributed by atoms with Crippen LogP contribution in [-0.4, -0.2) is 87.5 Å². The number of unbranched alkanes of at least 4 members (excludes halogenated alkanes) is 39. The molecule has 0 aromatic rings. The molecule has 0 spiro atoms. The Kier molecular flexibility index (Phi) is 46.9. The Balaban J connectivity index is 2.20. The molecule has 9 heteroatoms. The van der Waals surface area contributed by atoms with Crippen molar-refractivity contribution in [3.05, 3.63) is 24.3 Å². The number of carbonyl (C=O) groups is 1. The SMILES string of the molecule is CCCCCCCCCCCCCCCCCCCCCCCCC/C=C/CC/C=C/C(O)C(COC1OC(CO)C(O)C(O)C1O)NC(=O)CCCCCCCCCCCCCCCCCC. The van der Waals surface area contributed by atoms with Crippen LogP contribution in [0.1, 0.15) is 290 Å². The predicted octanol–water partition coefficient (Wildman–Crippen LogP) is 14.6. The van der Waals surface area contributed by atoms with Crippen LogP contribution in [0.2, 0.25) is 0 Å². The first-order chi connectivity index (χ1) is 33.3. The maximum Gasteiger partial charge on any atom is 0.220 e. The van der Waals surface area contributed by atoms with Crippen molar-refractivity contribution in [2.45, 2.75) is 333 Å². The highest BCUT2D eigenvalue weighted by molar-refractivity contribution is 5.76. The first-order valence-corrected chi connectivity index (χ1v) is 29.6. The molecule has 0 bridgehead atoms. The molecule has 7 unspecified atom stereocenters. The van der Waals surface area contributed by atoms with Gasteiger partial charge in [-0.25, -0.2) is 0 Å². The molecule has 402 valence electrons. The summed E-state index contributed by atoms with van der Waals surface area (Å²) in [6, 6.07) is -0.818. The molecule has 6 N–H and O–H groups in total. The van der Waals surface area contributed by atoms with Crippen LogP contribution in [-0.2, 0) is 14.3 Å². The molecule has 1 aliphatic heterocycles. The topological polar surface area (TPSA) is 149 Å². The van der Waals surface area contributed by atoms with Gasteiger partial charge in [-0.15, -0.1) is 0 Å². The smallest absolute Gasteiger partial charge is 0.220 e. The predicted molar refractivity (Wildman–Crippen MR) is 286 cm³/mol. The number of ether oxygens (including phenoxy) is 2. The number of hydrogen-bond donors (Lipinski definition) is 6. The van der Waals surface area contributed by atoms with Crippen LogP contribution in [0.3, 0.4) is 0 Å². The van der Waals surface area contributed by atoms with Crippen LogP contribution in [0.4, 0.5) is 0 Å². The van der Waals surface area contributed by atoms with E-state index in [9.17, 15) is 30.3 Å². The van der Waals surface area contributed by atoms with E-state index in [1.807, 2.05) is 6.08 Å². The summed E-state index contributed by atoms with van der Waals surface area (Å²) < 4.78 is 11.3. The lowest BCUT2D eigenvalue weighted by molar-refractivity contribution is -0.302. The highest BCUT2D eigenvalue weighted by Crippen LogP contribution is 2.23. The first-order valence-electron chi connectivity index (χ1n) is 29.6. The Morgan fingerprint density at radius 1 is 0.485 bits per heavy atom. The highest BCUT2D eigenvalue weighted by Gasteiger charge is 2.44. The van der Waals surface area contributed by atoms with E-state index >= 15 is 0 Å². The molecule has 1 amide bonds. The molecule has 0 saturated carbocycles. The normalized spacial score (nSPS) is 19.7. The summed E-state index contributed by atoms with van der Waals surface area (Å²) >= 11 is 0. The van der Waals surface area contributed by atoms with Crippen LogP contribution in [0, 0.1) is 0 Å². The molecule has 1 rings (SSSR count). The molecule has 68 heavy (non-hydrogen) atoms. The molecule has 0 radical (unpaired) electrons. The Labute approximate surface area is 419 Å². The Morgan fingerprint density at radius 2 is 0.838 bits per heavy atom. The second kappa shape index (κ2) is 49.3. The number of aliphatic hydroxyl groups is 5. The van der Waals surface area contributed by atoms with Crippen LogP contribution in [0.15, 0.2) is 24.3 Å². The van der Waals surface area contributed by atoms with E-state index < -0.39 is 49.5 Å². The molecule has 7 atom stereocenters. The summed E-state index contributed by atoms with van der Waals surface area (Å²) in [6.07, 6.45) is 55.5. The van der Waals surface area contributed by atoms with Crippen molar-refractivity contribution in [2.24, 2.45) is 0 Å². The van der Waals surface area contributed by atoms with E-state index in [4.69, 9.17) is 9.47 Å². The number of carbonyl (C=O) groups excluding carboxylic acids is 1. The van der Waals surface area contributed by atoms with Crippen molar-refractivity contribution in [2.75, 3.05) is 13.2 Å². The van der Waals surface area contributed by atoms with Crippen molar-refractivity contribution < 1.29 is 39.8 Å². The average molecular weight is 965 g/mol. The summed E-state index contributed by atoms with van der Waals surface area (Å²) in [6.45, 7) is 3.80. The number of amides is 1. The van der Waals surface area contributed by atoms with Gasteiger partial charge in [0.1, 0.15) is 24.4 Å². The van der Waals surface area contributed by atoms with Crippen LogP contribution in [0.25, 0.3) is 0 Å². The third-order valence-corrected chi connectivity index (χ3v) is 14.3. The zero-order valence-corrected chi connectivity index (χ0v) is 44.6. The second-order valence-electron chi connectivity index (χ2n) is 20.8. The van der Waals surface area contributed by atoms with E-state index in [1.54, 1.807) is 6.08 Å². The lowest BCUT2D eigenvalue weighted by Crippen LogP contribution is -2.60. The summed E-state index contributed by atoms with van der Waals surface area (Å²) in [5.41, 5.74) is 0. The molecular formula is C59H113NO8. The van der Waals surface area contributed by atoms with Crippen molar-refractivity contribution in [3.8, 4) is 0 Å². The van der Waals surface area contributed by atoms with Crippen molar-refractivity contribution >= 4 is 5.91 Å². The van der Waals surface area contributed by atoms with Crippen molar-refractivity contribution in [1.29, 1.82) is 0 Å². The molecule has 0 aromatic carbocycles. The van der Waals surface area contributed by atoms with E-state index in [0.29, 0.717) is 6.42 Å². The first kappa shape index (κ1) is 64.7. The number of hydrogen-bond acceptors (Lipinski definition) is 8. The minimum Gasteiger partial charge on any atom is -0.394 e. The summed E-state index contributed by atoms with van der Waals surface area (Å²) in [5, 5.41) is 54.5. The lowest BCUT2D eigenvalue weighted by atomic mass is 9.99. The Morgan fingerprint density at radius 3 is 1.24 bits per heavy atom. The van der Waals surface area contributed by atoms with Gasteiger partial charge in [0.15, 0.2) is 6.29 Å². The van der Waals surface area contributed by atoms with Gasteiger partial charge in [0.05, 0.1) is 25.4 Å². The van der Waals surface area contributed by atoms with Gasteiger partial charge in [0.2, 0.25) is 5.91 Å². The van der Waals surface area contributed by atoms with E-state index in [0.717, 1.165) is 38.5 Å². The third kappa shape index (κ3) is 38.4. The molecule has 1 aliphatic rings. The van der Waals surface area contributed by atoms with Crippen molar-refractivity contribution in [3.63, 3.8) is 0 Å². The molecule has 1 saturated heterocycles. The van der Waals surface area contributed by atoms with E-state index in [1.165, 1.54) is 231 Å². The standard InChI is InChI=1S/C59H113NO8/c1-3-5-7-9-11-13-15-17-19-21-22-23-24-25-26-27-28-29-30-31-32-33-34-36-38-40-42-44-46-48-53(62)52(51-67-59-58(66)57(65)56(64)54(50-61)68-59)60-55(63)49-47-45-43-41-39-37-35-20-18-16-14-12-10-8-6-4-2/h38,40,46,48,52-54,56-59,61-62,64-66H,3-37,39,41-45,47,49-51H2,1-2H3,(H,60,63)/b40-38+,48-46+. The maximum atomic E-state index is 13.0. The van der Waals surface area contributed by atoms with Crippen LogP contribution >= 0.6 is 0 Å². The zero-order valence-electron chi connectivity index (χ0n) is 44.6. The molecule has 1 fully saturated rings. The number of nitrogens with one attached hydrogen (secondary N) is 1. The fourth-order valence-corrected chi connectivity index (χ4v) is 9.59. The van der Waals surface area contributed by atoms with E-state index in [-0.39, 0.29) is 12.5 Å². The van der Waals surface area contributed by atoms with Gasteiger partial charge >= 0.3 is 0 Å². The fraction of sp³-hybridized carbons (Fsp3) is 0.915. The van der Waals surface area contributed by atoms with Crippen LogP contribution in [0.5, 0.6) is 0 Å². The molecule has 9 nitrogen and oxygen atoms in total. The molecule has 1 heterocycles. The minimum atomic E-state index is -1.57. The van der Waals surface area contributed by atoms with Gasteiger partial charge < -0.3 is 40.3 Å². The summed E-state index contributed by atoms with van der Waals surface area (Å²) in [4.78, 5) is 13.0. The van der Waals surface area contributed by atoms with Gasteiger partial charge in [-0.1, -0.05) is 276 Å². The Hall–Kier alpha value is -1.33. The third-order valence-electron chi connectivity index (χ3n) is 14.3. The van der Waals surface area contributed by atoms with Gasteiger partial charge in [0.25, 0.3) is 0 Å². The summed E-state index contributed by atoms with van der Waals surface area (Å²) in [7, 11) is 0. The molecular weight excluding hydrogens is 851 g/mol. The zero-order chi connectivity index (χ0) is 49.4. The van der Waals surface area contributed by atoms with Gasteiger partial charge in [0, 0.05) is 6.42 Å². The number of allylic oxidation sites excluding steroid dienone is 3.